The summed E-state index contributed by atoms with van der Waals surface area (Å²) in [5.74, 6) is 0. The lowest BCUT2D eigenvalue weighted by atomic mass is 9.94. The molecule has 0 atom stereocenters. The summed E-state index contributed by atoms with van der Waals surface area (Å²) in [4.78, 5) is 0. The second-order valence-electron chi connectivity index (χ2n) is 12.3. The van der Waals surface area contributed by atoms with Gasteiger partial charge < -0.3 is 9.13 Å². The molecule has 0 unspecified atom stereocenters. The topological polar surface area (TPSA) is 81.2 Å². The highest BCUT2D eigenvalue weighted by Gasteiger charge is 2.19. The largest absolute Gasteiger partial charge is 0.309 e. The van der Waals surface area contributed by atoms with Gasteiger partial charge in [-0.1, -0.05) is 78.9 Å². The first-order chi connectivity index (χ1) is 24.7. The molecule has 9 aromatic rings. The average Bonchev–Trinajstić information content (AvgIpc) is 3.70. The van der Waals surface area contributed by atoms with Crippen molar-refractivity contribution in [1.29, 1.82) is 15.8 Å². The smallest absolute Gasteiger partial charge is 0.0998 e. The maximum Gasteiger partial charge on any atom is 0.0998 e. The summed E-state index contributed by atoms with van der Waals surface area (Å²) in [6.45, 7) is 0. The summed E-state index contributed by atoms with van der Waals surface area (Å²) in [6, 6.07) is 57.8. The van der Waals surface area contributed by atoms with Gasteiger partial charge in [-0.2, -0.15) is 15.8 Å². The molecule has 0 amide bonds. The Morgan fingerprint density at radius 2 is 1.06 bits per heavy atom. The van der Waals surface area contributed by atoms with Crippen molar-refractivity contribution in [2.24, 2.45) is 0 Å². The molecule has 0 saturated heterocycles. The van der Waals surface area contributed by atoms with Gasteiger partial charge in [-0.05, 0) is 83.9 Å². The first-order valence-corrected chi connectivity index (χ1v) is 16.3. The first kappa shape index (κ1) is 28.8. The summed E-state index contributed by atoms with van der Waals surface area (Å²) in [5, 5.41) is 33.9. The number of hydrogen-bond donors (Lipinski definition) is 0. The maximum atomic E-state index is 10.3. The van der Waals surface area contributed by atoms with Crippen LogP contribution in [0.1, 0.15) is 16.7 Å². The normalized spacial score (nSPS) is 11.1. The summed E-state index contributed by atoms with van der Waals surface area (Å²) in [6.07, 6.45) is 0. The van der Waals surface area contributed by atoms with Gasteiger partial charge in [0.2, 0.25) is 0 Å². The Hall–Kier alpha value is -7.39. The van der Waals surface area contributed by atoms with Crippen LogP contribution in [-0.2, 0) is 0 Å². The van der Waals surface area contributed by atoms with Gasteiger partial charge in [0.25, 0.3) is 0 Å². The van der Waals surface area contributed by atoms with Crippen molar-refractivity contribution >= 4 is 43.6 Å². The molecule has 0 N–H and O–H groups in total. The van der Waals surface area contributed by atoms with Gasteiger partial charge in [-0.25, -0.2) is 0 Å². The molecule has 5 nitrogen and oxygen atoms in total. The number of aromatic nitrogens is 2. The van der Waals surface area contributed by atoms with Crippen molar-refractivity contribution < 1.29 is 0 Å². The highest BCUT2D eigenvalue weighted by Crippen LogP contribution is 2.40. The monoisotopic (exact) mass is 635 g/mol. The fourth-order valence-corrected chi connectivity index (χ4v) is 7.44. The van der Waals surface area contributed by atoms with Gasteiger partial charge in [-0.15, -0.1) is 0 Å². The lowest BCUT2D eigenvalue weighted by Gasteiger charge is -2.16. The van der Waals surface area contributed by atoms with Gasteiger partial charge in [0, 0.05) is 38.4 Å². The van der Waals surface area contributed by atoms with Crippen molar-refractivity contribution in [2.45, 2.75) is 0 Å². The van der Waals surface area contributed by atoms with E-state index in [1.807, 2.05) is 78.9 Å². The van der Waals surface area contributed by atoms with Crippen molar-refractivity contribution in [3.05, 3.63) is 168 Å². The highest BCUT2D eigenvalue weighted by molar-refractivity contribution is 6.12. The molecular formula is C45H25N5. The Labute approximate surface area is 287 Å². The SMILES string of the molecule is N#Cc1ccc2c(c1)c1ccccc1n2-c1ccc(-c2ccc(C#N)c(-c3ccccc3-n3c4ccccc4c4c(C#N)cccc43)c2)cc1. The van der Waals surface area contributed by atoms with E-state index in [9.17, 15) is 15.8 Å². The lowest BCUT2D eigenvalue weighted by molar-refractivity contribution is 1.18. The minimum absolute atomic E-state index is 0.582. The second-order valence-corrected chi connectivity index (χ2v) is 12.3. The number of nitrogens with zero attached hydrogens (tertiary/aromatic N) is 5. The zero-order valence-corrected chi connectivity index (χ0v) is 26.7. The molecule has 0 saturated carbocycles. The van der Waals surface area contributed by atoms with E-state index in [0.29, 0.717) is 16.7 Å². The zero-order chi connectivity index (χ0) is 33.8. The van der Waals surface area contributed by atoms with Crippen molar-refractivity contribution in [3.8, 4) is 51.8 Å². The van der Waals surface area contributed by atoms with E-state index in [4.69, 9.17) is 0 Å². The van der Waals surface area contributed by atoms with E-state index in [-0.39, 0.29) is 0 Å². The van der Waals surface area contributed by atoms with E-state index in [0.717, 1.165) is 77.2 Å². The van der Waals surface area contributed by atoms with Crippen LogP contribution in [0.15, 0.2) is 152 Å². The number of hydrogen-bond acceptors (Lipinski definition) is 3. The van der Waals surface area contributed by atoms with Gasteiger partial charge in [0.1, 0.15) is 0 Å². The fourth-order valence-electron chi connectivity index (χ4n) is 7.44. The molecule has 2 heterocycles. The predicted molar refractivity (Wildman–Crippen MR) is 200 cm³/mol. The van der Waals surface area contributed by atoms with Crippen LogP contribution in [0.4, 0.5) is 0 Å². The molecule has 0 bridgehead atoms. The van der Waals surface area contributed by atoms with Crippen LogP contribution in [0.2, 0.25) is 0 Å². The Bertz CT molecular complexity index is 2960. The quantitative estimate of drug-likeness (QED) is 0.193. The molecule has 0 spiro atoms. The van der Waals surface area contributed by atoms with Crippen LogP contribution in [0.25, 0.3) is 77.2 Å². The van der Waals surface area contributed by atoms with Crippen molar-refractivity contribution in [3.63, 3.8) is 0 Å². The van der Waals surface area contributed by atoms with Gasteiger partial charge in [0.15, 0.2) is 0 Å². The van der Waals surface area contributed by atoms with Gasteiger partial charge in [0.05, 0.1) is 62.7 Å². The van der Waals surface area contributed by atoms with E-state index in [2.05, 4.69) is 100 Å². The molecule has 5 heteroatoms. The Kier molecular flexibility index (Phi) is 6.56. The molecule has 0 aliphatic rings. The third kappa shape index (κ3) is 4.31. The van der Waals surface area contributed by atoms with Crippen LogP contribution < -0.4 is 0 Å². The van der Waals surface area contributed by atoms with Crippen molar-refractivity contribution in [2.75, 3.05) is 0 Å². The third-order valence-electron chi connectivity index (χ3n) is 9.65. The maximum absolute atomic E-state index is 10.3. The standard InChI is InChI=1S/C45H25N5/c46-26-29-16-23-43-39(24-29)36-10-2-4-12-40(36)49(43)34-21-19-30(20-22-34)31-17-18-32(27-47)38(25-31)35-9-1-5-13-41(35)50-42-14-6-3-11-37(42)45-33(28-48)8-7-15-44(45)50/h1-25H. The third-order valence-corrected chi connectivity index (χ3v) is 9.65. The molecule has 9 rings (SSSR count). The Morgan fingerprint density at radius 1 is 0.400 bits per heavy atom. The Morgan fingerprint density at radius 3 is 1.84 bits per heavy atom. The van der Waals surface area contributed by atoms with Crippen LogP contribution in [0.3, 0.4) is 0 Å². The summed E-state index contributed by atoms with van der Waals surface area (Å²) < 4.78 is 4.44. The zero-order valence-electron chi connectivity index (χ0n) is 26.7. The minimum atomic E-state index is 0.582. The molecular weight excluding hydrogens is 611 g/mol. The molecule has 50 heavy (non-hydrogen) atoms. The molecule has 7 aromatic carbocycles. The molecule has 0 aliphatic heterocycles. The van der Waals surface area contributed by atoms with Crippen LogP contribution >= 0.6 is 0 Å². The summed E-state index contributed by atoms with van der Waals surface area (Å²) >= 11 is 0. The molecule has 0 radical (unpaired) electrons. The second kappa shape index (κ2) is 11.4. The average molecular weight is 636 g/mol. The van der Waals surface area contributed by atoms with E-state index in [1.165, 1.54) is 0 Å². The van der Waals surface area contributed by atoms with Gasteiger partial charge in [-0.3, -0.25) is 0 Å². The van der Waals surface area contributed by atoms with E-state index < -0.39 is 0 Å². The lowest BCUT2D eigenvalue weighted by Crippen LogP contribution is -1.98. The number of nitriles is 3. The molecule has 0 aliphatic carbocycles. The number of fused-ring (bicyclic) bond motifs is 6. The summed E-state index contributed by atoms with van der Waals surface area (Å²) in [5.41, 5.74) is 11.6. The summed E-state index contributed by atoms with van der Waals surface area (Å²) in [7, 11) is 0. The van der Waals surface area contributed by atoms with Crippen LogP contribution in [-0.4, -0.2) is 9.13 Å². The molecule has 0 fully saturated rings. The van der Waals surface area contributed by atoms with Gasteiger partial charge >= 0.3 is 0 Å². The fraction of sp³-hybridized carbons (Fsp3) is 0. The molecule has 230 valence electrons. The highest BCUT2D eigenvalue weighted by atomic mass is 15.0. The molecule has 2 aromatic heterocycles. The minimum Gasteiger partial charge on any atom is -0.309 e. The first-order valence-electron chi connectivity index (χ1n) is 16.3. The van der Waals surface area contributed by atoms with Crippen molar-refractivity contribution in [1.82, 2.24) is 9.13 Å². The van der Waals surface area contributed by atoms with E-state index >= 15 is 0 Å². The van der Waals surface area contributed by atoms with Crippen LogP contribution in [0.5, 0.6) is 0 Å². The number of para-hydroxylation sites is 3. The van der Waals surface area contributed by atoms with E-state index in [1.54, 1.807) is 0 Å². The number of benzene rings is 7. The predicted octanol–water partition coefficient (Wildman–Crippen LogP) is 10.8. The number of rotatable bonds is 4. The Balaban J connectivity index is 1.19. The van der Waals surface area contributed by atoms with Crippen LogP contribution in [0, 0.1) is 34.0 Å².